The standard InChI is InChI=1S/C15H22BrNO2/c1-18-9-7-17-11-15(6-8-19-12-15)10-13-2-4-14(16)5-3-13/h2-5,17H,6-12H2,1H3. The van der Waals surface area contributed by atoms with E-state index in [-0.39, 0.29) is 5.41 Å². The van der Waals surface area contributed by atoms with Crippen LogP contribution in [0.2, 0.25) is 0 Å². The van der Waals surface area contributed by atoms with Crippen molar-refractivity contribution in [1.29, 1.82) is 0 Å². The van der Waals surface area contributed by atoms with Gasteiger partial charge in [-0.3, -0.25) is 0 Å². The summed E-state index contributed by atoms with van der Waals surface area (Å²) in [7, 11) is 1.73. The average Bonchev–Trinajstić information content (AvgIpc) is 2.87. The van der Waals surface area contributed by atoms with Gasteiger partial charge in [-0.25, -0.2) is 0 Å². The van der Waals surface area contributed by atoms with Gasteiger partial charge in [0, 0.05) is 36.7 Å². The molecule has 1 atom stereocenters. The summed E-state index contributed by atoms with van der Waals surface area (Å²) in [6, 6.07) is 8.60. The van der Waals surface area contributed by atoms with Gasteiger partial charge in [0.25, 0.3) is 0 Å². The van der Waals surface area contributed by atoms with E-state index in [0.29, 0.717) is 0 Å². The molecule has 1 N–H and O–H groups in total. The van der Waals surface area contributed by atoms with Gasteiger partial charge in [0.1, 0.15) is 0 Å². The first-order valence-electron chi connectivity index (χ1n) is 6.76. The molecule has 2 rings (SSSR count). The van der Waals surface area contributed by atoms with Gasteiger partial charge in [-0.2, -0.15) is 0 Å². The highest BCUT2D eigenvalue weighted by Crippen LogP contribution is 2.32. The van der Waals surface area contributed by atoms with E-state index in [2.05, 4.69) is 45.5 Å². The number of nitrogens with one attached hydrogen (secondary N) is 1. The number of halogens is 1. The van der Waals surface area contributed by atoms with Gasteiger partial charge in [0.2, 0.25) is 0 Å². The minimum absolute atomic E-state index is 0.238. The minimum atomic E-state index is 0.238. The van der Waals surface area contributed by atoms with Crippen molar-refractivity contribution in [3.63, 3.8) is 0 Å². The van der Waals surface area contributed by atoms with Crippen molar-refractivity contribution in [1.82, 2.24) is 5.32 Å². The minimum Gasteiger partial charge on any atom is -0.383 e. The van der Waals surface area contributed by atoms with Gasteiger partial charge < -0.3 is 14.8 Å². The molecule has 0 radical (unpaired) electrons. The van der Waals surface area contributed by atoms with Crippen molar-refractivity contribution in [3.8, 4) is 0 Å². The van der Waals surface area contributed by atoms with Crippen molar-refractivity contribution in [3.05, 3.63) is 34.3 Å². The zero-order valence-corrected chi connectivity index (χ0v) is 13.0. The molecule has 1 saturated heterocycles. The monoisotopic (exact) mass is 327 g/mol. The SMILES string of the molecule is COCCNCC1(Cc2ccc(Br)cc2)CCOC1. The highest BCUT2D eigenvalue weighted by Gasteiger charge is 2.34. The van der Waals surface area contributed by atoms with Crippen LogP contribution in [-0.4, -0.2) is 40.0 Å². The zero-order valence-electron chi connectivity index (χ0n) is 11.5. The molecule has 19 heavy (non-hydrogen) atoms. The predicted molar refractivity (Wildman–Crippen MR) is 80.5 cm³/mol. The van der Waals surface area contributed by atoms with Crippen molar-refractivity contribution in [2.24, 2.45) is 5.41 Å². The van der Waals surface area contributed by atoms with E-state index in [0.717, 1.165) is 50.2 Å². The molecule has 1 aliphatic rings. The Morgan fingerprint density at radius 2 is 2.16 bits per heavy atom. The molecule has 1 aliphatic heterocycles. The summed E-state index contributed by atoms with van der Waals surface area (Å²) in [5.74, 6) is 0. The van der Waals surface area contributed by atoms with E-state index in [1.54, 1.807) is 7.11 Å². The number of rotatable bonds is 7. The highest BCUT2D eigenvalue weighted by molar-refractivity contribution is 9.10. The molecule has 1 heterocycles. The van der Waals surface area contributed by atoms with Crippen LogP contribution < -0.4 is 5.32 Å². The van der Waals surface area contributed by atoms with Gasteiger partial charge in [-0.15, -0.1) is 0 Å². The quantitative estimate of drug-likeness (QED) is 0.781. The first kappa shape index (κ1) is 15.0. The lowest BCUT2D eigenvalue weighted by Gasteiger charge is -2.28. The molecule has 106 valence electrons. The molecular formula is C15H22BrNO2. The summed E-state index contributed by atoms with van der Waals surface area (Å²) in [6.07, 6.45) is 2.20. The van der Waals surface area contributed by atoms with Crippen LogP contribution in [-0.2, 0) is 15.9 Å². The Labute approximate surface area is 123 Å². The van der Waals surface area contributed by atoms with Gasteiger partial charge in [-0.1, -0.05) is 28.1 Å². The van der Waals surface area contributed by atoms with Gasteiger partial charge in [0.05, 0.1) is 13.2 Å². The van der Waals surface area contributed by atoms with Gasteiger partial charge >= 0.3 is 0 Å². The average molecular weight is 328 g/mol. The van der Waals surface area contributed by atoms with E-state index >= 15 is 0 Å². The maximum atomic E-state index is 5.63. The lowest BCUT2D eigenvalue weighted by Crippen LogP contribution is -2.38. The van der Waals surface area contributed by atoms with Crippen LogP contribution in [0.15, 0.2) is 28.7 Å². The second-order valence-electron chi connectivity index (χ2n) is 5.28. The molecule has 4 heteroatoms. The summed E-state index contributed by atoms with van der Waals surface area (Å²) >= 11 is 3.48. The molecule has 0 spiro atoms. The van der Waals surface area contributed by atoms with Crippen molar-refractivity contribution in [2.75, 3.05) is 40.0 Å². The molecule has 1 aromatic rings. The van der Waals surface area contributed by atoms with Crippen LogP contribution >= 0.6 is 15.9 Å². The lowest BCUT2D eigenvalue weighted by molar-refractivity contribution is 0.145. The molecule has 0 bridgehead atoms. The largest absolute Gasteiger partial charge is 0.383 e. The van der Waals surface area contributed by atoms with Crippen LogP contribution in [0.5, 0.6) is 0 Å². The van der Waals surface area contributed by atoms with E-state index < -0.39 is 0 Å². The molecular weight excluding hydrogens is 306 g/mol. The third kappa shape index (κ3) is 4.56. The molecule has 1 fully saturated rings. The first-order chi connectivity index (χ1) is 9.24. The third-order valence-corrected chi connectivity index (χ3v) is 4.19. The molecule has 0 amide bonds. The van der Waals surface area contributed by atoms with Crippen LogP contribution in [0.3, 0.4) is 0 Å². The second-order valence-corrected chi connectivity index (χ2v) is 6.19. The smallest absolute Gasteiger partial charge is 0.0587 e. The Morgan fingerprint density at radius 3 is 2.79 bits per heavy atom. The fourth-order valence-electron chi connectivity index (χ4n) is 2.55. The van der Waals surface area contributed by atoms with Crippen LogP contribution in [0.1, 0.15) is 12.0 Å². The predicted octanol–water partition coefficient (Wildman–Crippen LogP) is 2.63. The number of methoxy groups -OCH3 is 1. The summed E-state index contributed by atoms with van der Waals surface area (Å²) in [4.78, 5) is 0. The van der Waals surface area contributed by atoms with Crippen molar-refractivity contribution in [2.45, 2.75) is 12.8 Å². The van der Waals surface area contributed by atoms with E-state index in [1.807, 2.05) is 0 Å². The fraction of sp³-hybridized carbons (Fsp3) is 0.600. The third-order valence-electron chi connectivity index (χ3n) is 3.66. The Bertz CT molecular complexity index is 374. The van der Waals surface area contributed by atoms with E-state index in [1.165, 1.54) is 5.56 Å². The maximum Gasteiger partial charge on any atom is 0.0587 e. The van der Waals surface area contributed by atoms with Crippen molar-refractivity contribution >= 4 is 15.9 Å². The maximum absolute atomic E-state index is 5.63. The van der Waals surface area contributed by atoms with Gasteiger partial charge in [0.15, 0.2) is 0 Å². The molecule has 3 nitrogen and oxygen atoms in total. The first-order valence-corrected chi connectivity index (χ1v) is 7.55. The lowest BCUT2D eigenvalue weighted by atomic mass is 9.81. The molecule has 0 aromatic heterocycles. The molecule has 0 aliphatic carbocycles. The summed E-state index contributed by atoms with van der Waals surface area (Å²) < 4.78 is 11.8. The van der Waals surface area contributed by atoms with Crippen molar-refractivity contribution < 1.29 is 9.47 Å². The molecule has 0 saturated carbocycles. The molecule has 1 aromatic carbocycles. The summed E-state index contributed by atoms with van der Waals surface area (Å²) in [6.45, 7) is 4.38. The van der Waals surface area contributed by atoms with Gasteiger partial charge in [-0.05, 0) is 30.5 Å². The summed E-state index contributed by atoms with van der Waals surface area (Å²) in [5, 5.41) is 3.49. The van der Waals surface area contributed by atoms with E-state index in [9.17, 15) is 0 Å². The number of hydrogen-bond acceptors (Lipinski definition) is 3. The van der Waals surface area contributed by atoms with Crippen LogP contribution in [0.4, 0.5) is 0 Å². The highest BCUT2D eigenvalue weighted by atomic mass is 79.9. The Kier molecular flexibility index (Phi) is 5.82. The van der Waals surface area contributed by atoms with E-state index in [4.69, 9.17) is 9.47 Å². The number of benzene rings is 1. The second kappa shape index (κ2) is 7.39. The van der Waals surface area contributed by atoms with Crippen LogP contribution in [0, 0.1) is 5.41 Å². The fourth-order valence-corrected chi connectivity index (χ4v) is 2.82. The topological polar surface area (TPSA) is 30.5 Å². The zero-order chi connectivity index (χ0) is 13.6. The Balaban J connectivity index is 1.93. The Morgan fingerprint density at radius 1 is 1.37 bits per heavy atom. The molecule has 1 unspecified atom stereocenters. The van der Waals surface area contributed by atoms with Crippen LogP contribution in [0.25, 0.3) is 0 Å². The summed E-state index contributed by atoms with van der Waals surface area (Å²) in [5.41, 5.74) is 1.61. The number of hydrogen-bond donors (Lipinski definition) is 1. The Hall–Kier alpha value is -0.420. The number of ether oxygens (including phenoxy) is 2. The normalized spacial score (nSPS) is 22.8.